The van der Waals surface area contributed by atoms with Crippen LogP contribution in [0.1, 0.15) is 27.2 Å². The fourth-order valence-corrected chi connectivity index (χ4v) is 2.79. The van der Waals surface area contributed by atoms with Gasteiger partial charge in [-0.1, -0.05) is 26.8 Å². The number of amides is 1. The van der Waals surface area contributed by atoms with E-state index in [4.69, 9.17) is 9.53 Å². The average molecular weight is 289 g/mol. The van der Waals surface area contributed by atoms with Gasteiger partial charge in [0, 0.05) is 0 Å². The van der Waals surface area contributed by atoms with Crippen molar-refractivity contribution >= 4 is 14.4 Å². The smallest absolute Gasteiger partial charge is 0.404 e. The molecule has 1 amide bonds. The van der Waals surface area contributed by atoms with Gasteiger partial charge in [-0.05, 0) is 24.6 Å². The molecule has 2 atom stereocenters. The molecule has 0 saturated heterocycles. The van der Waals surface area contributed by atoms with Gasteiger partial charge < -0.3 is 20.0 Å². The van der Waals surface area contributed by atoms with Crippen LogP contribution in [0.5, 0.6) is 0 Å². The molecule has 0 heterocycles. The third kappa shape index (κ3) is 5.75. The summed E-state index contributed by atoms with van der Waals surface area (Å²) in [6, 6.07) is -0.478. The fraction of sp³-hybridized carbons (Fsp3) is 0.769. The lowest BCUT2D eigenvalue weighted by Gasteiger charge is -2.40. The van der Waals surface area contributed by atoms with Crippen LogP contribution in [0.2, 0.25) is 18.1 Å². The van der Waals surface area contributed by atoms with Crippen molar-refractivity contribution in [3.05, 3.63) is 12.7 Å². The van der Waals surface area contributed by atoms with Crippen molar-refractivity contribution in [1.82, 2.24) is 5.32 Å². The molecule has 0 aromatic carbocycles. The number of nitrogens with one attached hydrogen (secondary N) is 1. The summed E-state index contributed by atoms with van der Waals surface area (Å²) in [5.74, 6) is 0. The Balaban J connectivity index is 4.96. The molecule has 0 rings (SSSR count). The monoisotopic (exact) mass is 289 g/mol. The summed E-state index contributed by atoms with van der Waals surface area (Å²) in [5.41, 5.74) is 0. The Morgan fingerprint density at radius 1 is 1.47 bits per heavy atom. The van der Waals surface area contributed by atoms with Gasteiger partial charge in [-0.15, -0.1) is 6.58 Å². The van der Waals surface area contributed by atoms with Gasteiger partial charge in [0.15, 0.2) is 8.32 Å². The zero-order valence-corrected chi connectivity index (χ0v) is 13.6. The lowest BCUT2D eigenvalue weighted by Crippen LogP contribution is -2.52. The molecule has 0 aliphatic carbocycles. The second-order valence-corrected chi connectivity index (χ2v) is 10.9. The molecule has 0 aliphatic heterocycles. The van der Waals surface area contributed by atoms with E-state index in [1.54, 1.807) is 6.08 Å². The summed E-state index contributed by atoms with van der Waals surface area (Å²) in [5, 5.41) is 20.7. The van der Waals surface area contributed by atoms with E-state index < -0.39 is 26.6 Å². The molecule has 0 aromatic heterocycles. The van der Waals surface area contributed by atoms with Crippen LogP contribution >= 0.6 is 0 Å². The van der Waals surface area contributed by atoms with Crippen LogP contribution < -0.4 is 5.32 Å². The second-order valence-electron chi connectivity index (χ2n) is 6.18. The highest BCUT2D eigenvalue weighted by Gasteiger charge is 2.40. The SMILES string of the molecule is C=CC[C@H](NC(=O)O)[C@@H](CO)O[Si](C)(C)C(C)(C)C. The zero-order chi connectivity index (χ0) is 15.3. The molecular formula is C13H27NO4Si. The molecule has 0 fully saturated rings. The van der Waals surface area contributed by atoms with E-state index in [1.807, 2.05) is 0 Å². The Labute approximate surface area is 116 Å². The first-order chi connectivity index (χ1) is 8.55. The minimum absolute atomic E-state index is 0.00235. The fourth-order valence-electron chi connectivity index (χ4n) is 1.44. The van der Waals surface area contributed by atoms with Crippen molar-refractivity contribution in [2.45, 2.75) is 57.5 Å². The molecule has 19 heavy (non-hydrogen) atoms. The van der Waals surface area contributed by atoms with Gasteiger partial charge in [0.25, 0.3) is 0 Å². The Bertz CT molecular complexity index is 312. The lowest BCUT2D eigenvalue weighted by molar-refractivity contribution is 0.0709. The summed E-state index contributed by atoms with van der Waals surface area (Å²) in [7, 11) is -2.06. The number of rotatable bonds is 7. The first-order valence-corrected chi connectivity index (χ1v) is 9.35. The van der Waals surface area contributed by atoms with E-state index in [1.165, 1.54) is 0 Å². The number of aliphatic hydroxyl groups excluding tert-OH is 1. The van der Waals surface area contributed by atoms with Gasteiger partial charge in [-0.25, -0.2) is 4.79 Å². The zero-order valence-electron chi connectivity index (χ0n) is 12.6. The summed E-state index contributed by atoms with van der Waals surface area (Å²) in [6.07, 6.45) is 0.379. The average Bonchev–Trinajstić information content (AvgIpc) is 2.23. The number of hydrogen-bond donors (Lipinski definition) is 3. The van der Waals surface area contributed by atoms with E-state index in [0.29, 0.717) is 6.42 Å². The molecule has 112 valence electrons. The van der Waals surface area contributed by atoms with E-state index in [-0.39, 0.29) is 11.6 Å². The molecule has 0 saturated carbocycles. The van der Waals surface area contributed by atoms with Crippen molar-refractivity contribution in [2.75, 3.05) is 6.61 Å². The Hall–Kier alpha value is -0.853. The predicted molar refractivity (Wildman–Crippen MR) is 78.9 cm³/mol. The maximum atomic E-state index is 10.8. The molecule has 5 nitrogen and oxygen atoms in total. The van der Waals surface area contributed by atoms with E-state index in [0.717, 1.165) is 0 Å². The molecule has 0 aliphatic rings. The topological polar surface area (TPSA) is 78.8 Å². The predicted octanol–water partition coefficient (Wildman–Crippen LogP) is 2.58. The number of hydrogen-bond acceptors (Lipinski definition) is 3. The Morgan fingerprint density at radius 2 is 2.00 bits per heavy atom. The van der Waals surface area contributed by atoms with Crippen molar-refractivity contribution in [1.29, 1.82) is 0 Å². The van der Waals surface area contributed by atoms with Crippen LogP contribution in [0.4, 0.5) is 4.79 Å². The number of carboxylic acid groups (broad SMARTS) is 1. The molecule has 6 heteroatoms. The summed E-state index contributed by atoms with van der Waals surface area (Å²) in [6.45, 7) is 13.8. The quantitative estimate of drug-likeness (QED) is 0.497. The van der Waals surface area contributed by atoms with Crippen LogP contribution in [0.25, 0.3) is 0 Å². The Kier molecular flexibility index (Phi) is 6.75. The van der Waals surface area contributed by atoms with E-state index >= 15 is 0 Å². The summed E-state index contributed by atoms with van der Waals surface area (Å²) < 4.78 is 6.08. The van der Waals surface area contributed by atoms with Gasteiger partial charge in [-0.2, -0.15) is 0 Å². The standard InChI is InChI=1S/C13H27NO4Si/c1-7-8-10(14-12(16)17)11(9-15)18-19(5,6)13(2,3)4/h7,10-11,14-15H,1,8-9H2,2-6H3,(H,16,17)/t10-,11+/m0/s1. The number of aliphatic hydroxyl groups is 1. The van der Waals surface area contributed by atoms with Crippen molar-refractivity contribution in [3.8, 4) is 0 Å². The van der Waals surface area contributed by atoms with Gasteiger partial charge in [0.2, 0.25) is 0 Å². The summed E-state index contributed by atoms with van der Waals surface area (Å²) >= 11 is 0. The van der Waals surface area contributed by atoms with Crippen molar-refractivity contribution in [3.63, 3.8) is 0 Å². The van der Waals surface area contributed by atoms with E-state index in [9.17, 15) is 9.90 Å². The lowest BCUT2D eigenvalue weighted by atomic mass is 10.1. The molecule has 0 aromatic rings. The first-order valence-electron chi connectivity index (χ1n) is 6.44. The van der Waals surface area contributed by atoms with Crippen LogP contribution in [0.3, 0.4) is 0 Å². The van der Waals surface area contributed by atoms with Crippen molar-refractivity contribution in [2.24, 2.45) is 0 Å². The van der Waals surface area contributed by atoms with Crippen LogP contribution in [0.15, 0.2) is 12.7 Å². The van der Waals surface area contributed by atoms with Crippen molar-refractivity contribution < 1.29 is 19.4 Å². The maximum absolute atomic E-state index is 10.8. The molecule has 3 N–H and O–H groups in total. The first kappa shape index (κ1) is 18.1. The molecule has 0 bridgehead atoms. The minimum atomic E-state index is -2.06. The minimum Gasteiger partial charge on any atom is -0.465 e. The molecule has 0 radical (unpaired) electrons. The maximum Gasteiger partial charge on any atom is 0.404 e. The van der Waals surface area contributed by atoms with Gasteiger partial charge in [0.05, 0.1) is 18.8 Å². The van der Waals surface area contributed by atoms with Gasteiger partial charge in [-0.3, -0.25) is 0 Å². The van der Waals surface area contributed by atoms with Gasteiger partial charge in [0.1, 0.15) is 0 Å². The summed E-state index contributed by atoms with van der Waals surface area (Å²) in [4.78, 5) is 10.8. The van der Waals surface area contributed by atoms with Gasteiger partial charge >= 0.3 is 6.09 Å². The van der Waals surface area contributed by atoms with Crippen LogP contribution in [-0.4, -0.2) is 43.4 Å². The molecular weight excluding hydrogens is 262 g/mol. The third-order valence-electron chi connectivity index (χ3n) is 3.61. The second kappa shape index (κ2) is 7.07. The normalized spacial score (nSPS) is 15.7. The highest BCUT2D eigenvalue weighted by atomic mass is 28.4. The molecule has 0 unspecified atom stereocenters. The highest BCUT2D eigenvalue weighted by molar-refractivity contribution is 6.74. The third-order valence-corrected chi connectivity index (χ3v) is 8.11. The Morgan fingerprint density at radius 3 is 2.32 bits per heavy atom. The van der Waals surface area contributed by atoms with E-state index in [2.05, 4.69) is 45.8 Å². The van der Waals surface area contributed by atoms with Crippen LogP contribution in [-0.2, 0) is 4.43 Å². The molecule has 0 spiro atoms. The highest BCUT2D eigenvalue weighted by Crippen LogP contribution is 2.37. The largest absolute Gasteiger partial charge is 0.465 e. The van der Waals surface area contributed by atoms with Crippen LogP contribution in [0, 0.1) is 0 Å². The number of carbonyl (C=O) groups is 1.